The average molecular weight is 498 g/mol. The molecular weight excluding hydrogens is 462 g/mol. The predicted molar refractivity (Wildman–Crippen MR) is 134 cm³/mol. The monoisotopic (exact) mass is 497 g/mol. The molecule has 0 spiro atoms. The standard InChI is InChI=1S/C27H35N3O6/c1-18-20(11-6-13-23(18)31)25(33)29-21(17-19-9-4-3-5-10-19)24(32)27(35)30-15-7-12-22(30)26(34)28-14-8-16-36-2/h3-6,9-11,13,21-22,24,31-32H,7-8,12,14-17H2,1-2H3,(H,28,34)(H,29,33)/t21-,22-,24-/m0/s1. The van der Waals surface area contributed by atoms with Gasteiger partial charge in [-0.25, -0.2) is 0 Å². The van der Waals surface area contributed by atoms with E-state index in [0.29, 0.717) is 44.5 Å². The molecule has 9 heteroatoms. The number of phenolic OH excluding ortho intramolecular Hbond substituents is 1. The molecule has 36 heavy (non-hydrogen) atoms. The molecule has 3 rings (SSSR count). The van der Waals surface area contributed by atoms with Gasteiger partial charge in [0.25, 0.3) is 11.8 Å². The lowest BCUT2D eigenvalue weighted by Crippen LogP contribution is -2.55. The fourth-order valence-electron chi connectivity index (χ4n) is 4.42. The van der Waals surface area contributed by atoms with Gasteiger partial charge >= 0.3 is 0 Å². The Morgan fingerprint density at radius 3 is 2.61 bits per heavy atom. The summed E-state index contributed by atoms with van der Waals surface area (Å²) in [4.78, 5) is 40.6. The second kappa shape index (κ2) is 13.0. The van der Waals surface area contributed by atoms with Gasteiger partial charge in [0.1, 0.15) is 11.8 Å². The van der Waals surface area contributed by atoms with Crippen LogP contribution < -0.4 is 10.6 Å². The number of likely N-dealkylation sites (tertiary alicyclic amines) is 1. The first kappa shape index (κ1) is 27.2. The van der Waals surface area contributed by atoms with Crippen molar-refractivity contribution in [2.75, 3.05) is 26.8 Å². The second-order valence-electron chi connectivity index (χ2n) is 8.99. The Morgan fingerprint density at radius 1 is 1.14 bits per heavy atom. The van der Waals surface area contributed by atoms with E-state index in [2.05, 4.69) is 10.6 Å². The van der Waals surface area contributed by atoms with Crippen molar-refractivity contribution in [2.24, 2.45) is 0 Å². The maximum atomic E-state index is 13.4. The van der Waals surface area contributed by atoms with Crippen LogP contribution in [-0.4, -0.2) is 77.8 Å². The molecule has 4 N–H and O–H groups in total. The highest BCUT2D eigenvalue weighted by molar-refractivity contribution is 5.97. The predicted octanol–water partition coefficient (Wildman–Crippen LogP) is 1.55. The number of aliphatic hydroxyl groups is 1. The van der Waals surface area contributed by atoms with Crippen LogP contribution >= 0.6 is 0 Å². The van der Waals surface area contributed by atoms with E-state index in [0.717, 1.165) is 5.56 Å². The van der Waals surface area contributed by atoms with Gasteiger partial charge in [-0.2, -0.15) is 0 Å². The fraction of sp³-hybridized carbons (Fsp3) is 0.444. The zero-order valence-corrected chi connectivity index (χ0v) is 20.8. The molecule has 1 aliphatic rings. The molecule has 3 amide bonds. The zero-order chi connectivity index (χ0) is 26.1. The third kappa shape index (κ3) is 6.83. The van der Waals surface area contributed by atoms with E-state index in [4.69, 9.17) is 4.74 Å². The lowest BCUT2D eigenvalue weighted by atomic mass is 9.98. The van der Waals surface area contributed by atoms with Crippen molar-refractivity contribution >= 4 is 17.7 Å². The number of benzene rings is 2. The number of hydrogen-bond acceptors (Lipinski definition) is 6. The molecule has 2 aromatic rings. The number of carbonyl (C=O) groups excluding carboxylic acids is 3. The average Bonchev–Trinajstić information content (AvgIpc) is 3.37. The Hall–Kier alpha value is -3.43. The molecule has 0 unspecified atom stereocenters. The quantitative estimate of drug-likeness (QED) is 0.349. The van der Waals surface area contributed by atoms with E-state index in [1.807, 2.05) is 30.3 Å². The number of ether oxygens (including phenoxy) is 1. The Bertz CT molecular complexity index is 1050. The van der Waals surface area contributed by atoms with Gasteiger partial charge in [-0.15, -0.1) is 0 Å². The van der Waals surface area contributed by atoms with Crippen LogP contribution in [0.1, 0.15) is 40.7 Å². The molecule has 0 radical (unpaired) electrons. The highest BCUT2D eigenvalue weighted by Gasteiger charge is 2.39. The highest BCUT2D eigenvalue weighted by atomic mass is 16.5. The van der Waals surface area contributed by atoms with Gasteiger partial charge in [-0.05, 0) is 50.3 Å². The van der Waals surface area contributed by atoms with Gasteiger partial charge in [0.05, 0.1) is 6.04 Å². The van der Waals surface area contributed by atoms with E-state index in [1.54, 1.807) is 26.2 Å². The molecule has 1 fully saturated rings. The van der Waals surface area contributed by atoms with Crippen LogP contribution in [0.15, 0.2) is 48.5 Å². The smallest absolute Gasteiger partial charge is 0.254 e. The van der Waals surface area contributed by atoms with E-state index in [9.17, 15) is 24.6 Å². The highest BCUT2D eigenvalue weighted by Crippen LogP contribution is 2.22. The van der Waals surface area contributed by atoms with Gasteiger partial charge in [0.15, 0.2) is 6.10 Å². The first-order valence-electron chi connectivity index (χ1n) is 12.2. The van der Waals surface area contributed by atoms with Crippen molar-refractivity contribution in [1.29, 1.82) is 0 Å². The molecule has 194 valence electrons. The van der Waals surface area contributed by atoms with Crippen LogP contribution in [0.5, 0.6) is 5.75 Å². The van der Waals surface area contributed by atoms with Crippen LogP contribution in [0.2, 0.25) is 0 Å². The molecular formula is C27H35N3O6. The number of nitrogens with one attached hydrogen (secondary N) is 2. The number of hydrogen-bond donors (Lipinski definition) is 4. The van der Waals surface area contributed by atoms with E-state index >= 15 is 0 Å². The summed E-state index contributed by atoms with van der Waals surface area (Å²) in [5.41, 5.74) is 1.48. The molecule has 0 aliphatic carbocycles. The second-order valence-corrected chi connectivity index (χ2v) is 8.99. The summed E-state index contributed by atoms with van der Waals surface area (Å²) >= 11 is 0. The number of aromatic hydroxyl groups is 1. The minimum absolute atomic E-state index is 0.0182. The summed E-state index contributed by atoms with van der Waals surface area (Å²) in [5.74, 6) is -1.39. The minimum Gasteiger partial charge on any atom is -0.508 e. The van der Waals surface area contributed by atoms with Gasteiger partial charge < -0.3 is 30.5 Å². The Morgan fingerprint density at radius 2 is 1.89 bits per heavy atom. The third-order valence-electron chi connectivity index (χ3n) is 6.46. The first-order valence-corrected chi connectivity index (χ1v) is 12.2. The van der Waals surface area contributed by atoms with Gasteiger partial charge in [0, 0.05) is 37.9 Å². The third-order valence-corrected chi connectivity index (χ3v) is 6.46. The lowest BCUT2D eigenvalue weighted by molar-refractivity contribution is -0.146. The molecule has 1 aliphatic heterocycles. The molecule has 1 heterocycles. The SMILES string of the molecule is COCCCNC(=O)[C@@H]1CCCN1C(=O)[C@@H](O)[C@H](Cc1ccccc1)NC(=O)c1cccc(O)c1C. The molecule has 2 aromatic carbocycles. The van der Waals surface area contributed by atoms with Crippen molar-refractivity contribution < 1.29 is 29.3 Å². The number of methoxy groups -OCH3 is 1. The van der Waals surface area contributed by atoms with E-state index in [1.165, 1.54) is 11.0 Å². The largest absolute Gasteiger partial charge is 0.508 e. The fourth-order valence-corrected chi connectivity index (χ4v) is 4.42. The maximum absolute atomic E-state index is 13.4. The molecule has 0 bridgehead atoms. The van der Waals surface area contributed by atoms with Crippen LogP contribution in [0.3, 0.4) is 0 Å². The summed E-state index contributed by atoms with van der Waals surface area (Å²) in [7, 11) is 1.59. The van der Waals surface area contributed by atoms with Gasteiger partial charge in [-0.1, -0.05) is 36.4 Å². The van der Waals surface area contributed by atoms with Crippen LogP contribution in [0.4, 0.5) is 0 Å². The van der Waals surface area contributed by atoms with Crippen molar-refractivity contribution in [3.8, 4) is 5.75 Å². The number of aliphatic hydroxyl groups excluding tert-OH is 1. The van der Waals surface area contributed by atoms with Crippen molar-refractivity contribution in [1.82, 2.24) is 15.5 Å². The molecule has 9 nitrogen and oxygen atoms in total. The summed E-state index contributed by atoms with van der Waals surface area (Å²) in [5, 5.41) is 26.8. The minimum atomic E-state index is -1.56. The number of rotatable bonds is 11. The maximum Gasteiger partial charge on any atom is 0.254 e. The summed E-state index contributed by atoms with van der Waals surface area (Å²) < 4.78 is 5.00. The Balaban J connectivity index is 1.76. The van der Waals surface area contributed by atoms with Crippen molar-refractivity contribution in [3.05, 3.63) is 65.2 Å². The summed E-state index contributed by atoms with van der Waals surface area (Å²) in [6.45, 7) is 2.93. The molecule has 1 saturated heterocycles. The van der Waals surface area contributed by atoms with Crippen LogP contribution in [0, 0.1) is 6.92 Å². The number of carbonyl (C=O) groups is 3. The van der Waals surface area contributed by atoms with Crippen molar-refractivity contribution in [2.45, 2.75) is 50.8 Å². The van der Waals surface area contributed by atoms with Crippen LogP contribution in [0.25, 0.3) is 0 Å². The lowest BCUT2D eigenvalue weighted by Gasteiger charge is -2.30. The Kier molecular flexibility index (Phi) is 9.84. The normalized spacial score (nSPS) is 16.9. The zero-order valence-electron chi connectivity index (χ0n) is 20.8. The molecule has 0 saturated carbocycles. The van der Waals surface area contributed by atoms with E-state index < -0.39 is 30.0 Å². The number of amides is 3. The topological polar surface area (TPSA) is 128 Å². The van der Waals surface area contributed by atoms with Crippen molar-refractivity contribution in [3.63, 3.8) is 0 Å². The number of nitrogens with zero attached hydrogens (tertiary/aromatic N) is 1. The summed E-state index contributed by atoms with van der Waals surface area (Å²) in [6, 6.07) is 12.2. The van der Waals surface area contributed by atoms with Crippen LogP contribution in [-0.2, 0) is 20.7 Å². The Labute approximate surface area is 211 Å². The summed E-state index contributed by atoms with van der Waals surface area (Å²) in [6.07, 6.45) is 0.456. The first-order chi connectivity index (χ1) is 17.3. The molecule has 0 aromatic heterocycles. The number of phenols is 1. The molecule has 3 atom stereocenters. The van der Waals surface area contributed by atoms with E-state index in [-0.39, 0.29) is 23.6 Å². The van der Waals surface area contributed by atoms with Gasteiger partial charge in [-0.3, -0.25) is 14.4 Å². The van der Waals surface area contributed by atoms with Gasteiger partial charge in [0.2, 0.25) is 5.91 Å².